The molecule has 1 amide bonds. The van der Waals surface area contributed by atoms with Crippen LogP contribution in [0.3, 0.4) is 0 Å². The summed E-state index contributed by atoms with van der Waals surface area (Å²) in [6, 6.07) is 7.44. The molecule has 1 saturated heterocycles. The first-order valence-corrected chi connectivity index (χ1v) is 5.77. The maximum absolute atomic E-state index is 11.7. The van der Waals surface area contributed by atoms with Crippen molar-refractivity contribution < 1.29 is 14.7 Å². The summed E-state index contributed by atoms with van der Waals surface area (Å²) < 4.78 is 0. The Labute approximate surface area is 106 Å². The number of hydrogen-bond acceptors (Lipinski definition) is 4. The molecular formula is C13H15N2O3-. The molecule has 0 aliphatic carbocycles. The molecule has 1 heterocycles. The number of hydrogen-bond donors (Lipinski definition) is 0. The minimum atomic E-state index is -1.16. The third-order valence-electron chi connectivity index (χ3n) is 3.14. The van der Waals surface area contributed by atoms with Crippen LogP contribution in [0.5, 0.6) is 0 Å². The van der Waals surface area contributed by atoms with Gasteiger partial charge in [0.05, 0.1) is 0 Å². The molecule has 1 aliphatic rings. The molecular weight excluding hydrogens is 232 g/mol. The molecule has 1 fully saturated rings. The van der Waals surface area contributed by atoms with Crippen LogP contribution in [-0.4, -0.2) is 32.5 Å². The summed E-state index contributed by atoms with van der Waals surface area (Å²) in [5.74, 6) is -2.02. The summed E-state index contributed by atoms with van der Waals surface area (Å²) in [5.41, 5.74) is 1.76. The smallest absolute Gasteiger partial charge is 0.227 e. The SMILES string of the molecule is CN(C)c1ccc(N2C[C@@H](C(=O)[O-])CC2=O)cc1. The van der Waals surface area contributed by atoms with E-state index in [1.54, 1.807) is 0 Å². The van der Waals surface area contributed by atoms with Crippen molar-refractivity contribution in [1.29, 1.82) is 0 Å². The number of carbonyl (C=O) groups excluding carboxylic acids is 2. The van der Waals surface area contributed by atoms with Crippen LogP contribution in [-0.2, 0) is 9.59 Å². The van der Waals surface area contributed by atoms with Crippen LogP contribution < -0.4 is 14.9 Å². The standard InChI is InChI=1S/C13H16N2O3/c1-14(2)10-3-5-11(6-4-10)15-8-9(13(17)18)7-12(15)16/h3-6,9H,7-8H2,1-2H3,(H,17,18)/p-1/t9-/m0/s1. The number of carboxylic acid groups (broad SMARTS) is 1. The van der Waals surface area contributed by atoms with E-state index in [1.807, 2.05) is 43.3 Å². The van der Waals surface area contributed by atoms with Crippen molar-refractivity contribution in [3.05, 3.63) is 24.3 Å². The second kappa shape index (κ2) is 4.68. The third kappa shape index (κ3) is 2.30. The van der Waals surface area contributed by atoms with Crippen molar-refractivity contribution in [3.63, 3.8) is 0 Å². The van der Waals surface area contributed by atoms with E-state index in [0.29, 0.717) is 0 Å². The third-order valence-corrected chi connectivity index (χ3v) is 3.14. The van der Waals surface area contributed by atoms with Crippen LogP contribution in [0.15, 0.2) is 24.3 Å². The van der Waals surface area contributed by atoms with Gasteiger partial charge in [0.25, 0.3) is 0 Å². The monoisotopic (exact) mass is 247 g/mol. The fourth-order valence-corrected chi connectivity index (χ4v) is 2.05. The Balaban J connectivity index is 2.17. The van der Waals surface area contributed by atoms with Crippen molar-refractivity contribution in [2.75, 3.05) is 30.4 Å². The molecule has 96 valence electrons. The number of benzene rings is 1. The van der Waals surface area contributed by atoms with Crippen LogP contribution in [0.2, 0.25) is 0 Å². The lowest BCUT2D eigenvalue weighted by Gasteiger charge is -2.19. The Hall–Kier alpha value is -2.04. The molecule has 0 radical (unpaired) electrons. The molecule has 5 nitrogen and oxygen atoms in total. The number of amides is 1. The zero-order chi connectivity index (χ0) is 13.3. The number of aliphatic carboxylic acids is 1. The van der Waals surface area contributed by atoms with E-state index in [1.165, 1.54) is 4.90 Å². The van der Waals surface area contributed by atoms with E-state index in [-0.39, 0.29) is 18.9 Å². The number of carbonyl (C=O) groups is 2. The summed E-state index contributed by atoms with van der Waals surface area (Å²) in [7, 11) is 3.87. The highest BCUT2D eigenvalue weighted by Crippen LogP contribution is 2.26. The maximum Gasteiger partial charge on any atom is 0.227 e. The first-order valence-electron chi connectivity index (χ1n) is 5.77. The fraction of sp³-hybridized carbons (Fsp3) is 0.385. The fourth-order valence-electron chi connectivity index (χ4n) is 2.05. The highest BCUT2D eigenvalue weighted by atomic mass is 16.4. The lowest BCUT2D eigenvalue weighted by Crippen LogP contribution is -2.33. The van der Waals surface area contributed by atoms with E-state index in [2.05, 4.69) is 0 Å². The van der Waals surface area contributed by atoms with Crippen molar-refractivity contribution in [3.8, 4) is 0 Å². The van der Waals surface area contributed by atoms with Crippen LogP contribution in [0.4, 0.5) is 11.4 Å². The summed E-state index contributed by atoms with van der Waals surface area (Å²) in [5, 5.41) is 10.8. The van der Waals surface area contributed by atoms with Gasteiger partial charge >= 0.3 is 0 Å². The highest BCUT2D eigenvalue weighted by molar-refractivity contribution is 5.99. The van der Waals surface area contributed by atoms with Gasteiger partial charge in [0.1, 0.15) is 0 Å². The van der Waals surface area contributed by atoms with Crippen molar-refractivity contribution in [2.24, 2.45) is 5.92 Å². The van der Waals surface area contributed by atoms with Gasteiger partial charge in [-0.05, 0) is 24.3 Å². The van der Waals surface area contributed by atoms with Gasteiger partial charge in [-0.25, -0.2) is 0 Å². The second-order valence-corrected chi connectivity index (χ2v) is 4.64. The van der Waals surface area contributed by atoms with Crippen LogP contribution in [0, 0.1) is 5.92 Å². The molecule has 0 unspecified atom stereocenters. The lowest BCUT2D eigenvalue weighted by atomic mass is 10.1. The van der Waals surface area contributed by atoms with Crippen LogP contribution in [0.25, 0.3) is 0 Å². The predicted molar refractivity (Wildman–Crippen MR) is 66.2 cm³/mol. The normalized spacial score (nSPS) is 19.1. The molecule has 18 heavy (non-hydrogen) atoms. The van der Waals surface area contributed by atoms with Crippen molar-refractivity contribution in [2.45, 2.75) is 6.42 Å². The van der Waals surface area contributed by atoms with Gasteiger partial charge in [0, 0.05) is 50.3 Å². The molecule has 1 aromatic carbocycles. The molecule has 2 rings (SSSR count). The first kappa shape index (κ1) is 12.4. The lowest BCUT2D eigenvalue weighted by molar-refractivity contribution is -0.310. The Morgan fingerprint density at radius 3 is 2.39 bits per heavy atom. The molecule has 0 aromatic heterocycles. The highest BCUT2D eigenvalue weighted by Gasteiger charge is 2.31. The molecule has 0 saturated carbocycles. The van der Waals surface area contributed by atoms with E-state index in [4.69, 9.17) is 0 Å². The molecule has 5 heteroatoms. The van der Waals surface area contributed by atoms with Gasteiger partial charge in [-0.1, -0.05) is 0 Å². The Kier molecular flexibility index (Phi) is 3.23. The Morgan fingerprint density at radius 2 is 1.94 bits per heavy atom. The Morgan fingerprint density at radius 1 is 1.33 bits per heavy atom. The first-order chi connectivity index (χ1) is 8.49. The zero-order valence-electron chi connectivity index (χ0n) is 10.4. The van der Waals surface area contributed by atoms with E-state index >= 15 is 0 Å². The minimum absolute atomic E-state index is 0.0256. The van der Waals surface area contributed by atoms with Gasteiger partial charge in [-0.2, -0.15) is 0 Å². The average molecular weight is 247 g/mol. The van der Waals surface area contributed by atoms with Gasteiger partial charge in [-0.3, -0.25) is 4.79 Å². The van der Waals surface area contributed by atoms with E-state index in [0.717, 1.165) is 11.4 Å². The predicted octanol–water partition coefficient (Wildman–Crippen LogP) is -0.145. The number of carboxylic acids is 1. The molecule has 0 spiro atoms. The topological polar surface area (TPSA) is 63.7 Å². The van der Waals surface area contributed by atoms with Crippen LogP contribution in [0.1, 0.15) is 6.42 Å². The molecule has 1 aliphatic heterocycles. The van der Waals surface area contributed by atoms with E-state index < -0.39 is 11.9 Å². The second-order valence-electron chi connectivity index (χ2n) is 4.64. The zero-order valence-corrected chi connectivity index (χ0v) is 10.4. The van der Waals surface area contributed by atoms with E-state index in [9.17, 15) is 14.7 Å². The average Bonchev–Trinajstić information content (AvgIpc) is 2.71. The quantitative estimate of drug-likeness (QED) is 0.745. The number of nitrogens with zero attached hydrogens (tertiary/aromatic N) is 2. The number of rotatable bonds is 3. The van der Waals surface area contributed by atoms with Crippen LogP contribution >= 0.6 is 0 Å². The summed E-state index contributed by atoms with van der Waals surface area (Å²) >= 11 is 0. The maximum atomic E-state index is 11.7. The molecule has 1 atom stereocenters. The summed E-state index contributed by atoms with van der Waals surface area (Å²) in [4.78, 5) is 26.0. The van der Waals surface area contributed by atoms with Gasteiger partial charge in [0.2, 0.25) is 5.91 Å². The largest absolute Gasteiger partial charge is 0.550 e. The van der Waals surface area contributed by atoms with Gasteiger partial charge in [-0.15, -0.1) is 0 Å². The van der Waals surface area contributed by atoms with Crippen molar-refractivity contribution >= 4 is 23.3 Å². The minimum Gasteiger partial charge on any atom is -0.550 e. The number of anilines is 2. The Bertz CT molecular complexity index is 468. The molecule has 0 N–H and O–H groups in total. The van der Waals surface area contributed by atoms with Gasteiger partial charge < -0.3 is 19.7 Å². The summed E-state index contributed by atoms with van der Waals surface area (Å²) in [6.45, 7) is 0.197. The van der Waals surface area contributed by atoms with Crippen molar-refractivity contribution in [1.82, 2.24) is 0 Å². The molecule has 0 bridgehead atoms. The van der Waals surface area contributed by atoms with Gasteiger partial charge in [0.15, 0.2) is 0 Å². The molecule has 1 aromatic rings. The summed E-state index contributed by atoms with van der Waals surface area (Å²) in [6.07, 6.45) is 0.0256.